The van der Waals surface area contributed by atoms with Gasteiger partial charge >= 0.3 is 0 Å². The van der Waals surface area contributed by atoms with Gasteiger partial charge in [-0.25, -0.2) is 0 Å². The number of aliphatic hydroxyl groups excluding tert-OH is 1. The van der Waals surface area contributed by atoms with Gasteiger partial charge in [0.15, 0.2) is 5.78 Å². The van der Waals surface area contributed by atoms with Gasteiger partial charge in [0.2, 0.25) is 0 Å². The number of hydrogen-bond donors (Lipinski definition) is 1. The normalized spacial score (nSPS) is 11.0. The molecule has 1 aromatic carbocycles. The Labute approximate surface area is 94.9 Å². The molecule has 0 amide bonds. The first-order chi connectivity index (χ1) is 7.69. The molecular weight excluding hydrogens is 200 g/mol. The molecule has 0 aromatic heterocycles. The van der Waals surface area contributed by atoms with Gasteiger partial charge in [-0.15, -0.1) is 18.1 Å². The summed E-state index contributed by atoms with van der Waals surface area (Å²) in [5.41, 5.74) is 3.55. The molecule has 0 saturated carbocycles. The van der Waals surface area contributed by atoms with Crippen LogP contribution in [0.1, 0.15) is 28.4 Å². The second-order valence-electron chi connectivity index (χ2n) is 3.26. The summed E-state index contributed by atoms with van der Waals surface area (Å²) in [6.45, 7) is 3.34. The molecule has 16 heavy (non-hydrogen) atoms. The topological polar surface area (TPSA) is 37.3 Å². The summed E-state index contributed by atoms with van der Waals surface area (Å²) < 4.78 is 0. The highest BCUT2D eigenvalue weighted by molar-refractivity contribution is 6.04. The fourth-order valence-corrected chi connectivity index (χ4v) is 1.30. The van der Waals surface area contributed by atoms with Crippen LogP contribution < -0.4 is 0 Å². The van der Waals surface area contributed by atoms with E-state index in [2.05, 4.69) is 18.2 Å². The average Bonchev–Trinajstić information content (AvgIpc) is 2.30. The summed E-state index contributed by atoms with van der Waals surface area (Å²) in [5.74, 6) is 2.18. The molecule has 2 heteroatoms. The zero-order valence-electron chi connectivity index (χ0n) is 8.81. The Morgan fingerprint density at radius 3 is 3.00 bits per heavy atom. The first-order valence-corrected chi connectivity index (χ1v) is 4.80. The monoisotopic (exact) mass is 212 g/mol. The molecule has 0 bridgehead atoms. The van der Waals surface area contributed by atoms with Crippen LogP contribution in [-0.2, 0) is 0 Å². The van der Waals surface area contributed by atoms with Crippen molar-refractivity contribution in [1.29, 1.82) is 0 Å². The van der Waals surface area contributed by atoms with Crippen molar-refractivity contribution in [2.75, 3.05) is 0 Å². The number of allylic oxidation sites excluding steroid dienone is 1. The number of terminal acetylenes is 1. The highest BCUT2D eigenvalue weighted by Gasteiger charge is 2.08. The van der Waals surface area contributed by atoms with Crippen molar-refractivity contribution < 1.29 is 9.90 Å². The Hall–Kier alpha value is -2.07. The lowest BCUT2D eigenvalue weighted by molar-refractivity contribution is 0.104. The predicted octanol–water partition coefficient (Wildman–Crippen LogP) is 2.27. The lowest BCUT2D eigenvalue weighted by atomic mass is 10.0. The number of hydrogen-bond acceptors (Lipinski definition) is 2. The smallest absolute Gasteiger partial charge is 0.193 e. The minimum atomic E-state index is -0.731. The Morgan fingerprint density at radius 2 is 2.38 bits per heavy atom. The molecule has 1 N–H and O–H groups in total. The summed E-state index contributed by atoms with van der Waals surface area (Å²) in [4.78, 5) is 11.5. The van der Waals surface area contributed by atoms with Crippen molar-refractivity contribution in [1.82, 2.24) is 0 Å². The fourth-order valence-electron chi connectivity index (χ4n) is 1.30. The molecule has 0 aliphatic rings. The van der Waals surface area contributed by atoms with E-state index < -0.39 is 6.10 Å². The maximum Gasteiger partial charge on any atom is 0.193 e. The van der Waals surface area contributed by atoms with Crippen molar-refractivity contribution in [3.8, 4) is 12.3 Å². The van der Waals surface area contributed by atoms with Gasteiger partial charge < -0.3 is 5.11 Å². The number of benzene rings is 1. The summed E-state index contributed by atoms with van der Waals surface area (Å²) in [6, 6.07) is 6.73. The van der Waals surface area contributed by atoms with Crippen LogP contribution in [-0.4, -0.2) is 10.9 Å². The van der Waals surface area contributed by atoms with Crippen molar-refractivity contribution in [3.63, 3.8) is 0 Å². The third-order valence-electron chi connectivity index (χ3n) is 2.10. The maximum absolute atomic E-state index is 11.5. The Morgan fingerprint density at radius 1 is 1.62 bits per heavy atom. The summed E-state index contributed by atoms with van der Waals surface area (Å²) >= 11 is 0. The van der Waals surface area contributed by atoms with Crippen molar-refractivity contribution in [3.05, 3.63) is 53.8 Å². The molecule has 2 nitrogen and oxygen atoms in total. The molecule has 0 radical (unpaired) electrons. The summed E-state index contributed by atoms with van der Waals surface area (Å²) in [5, 5.41) is 9.66. The van der Waals surface area contributed by atoms with Gasteiger partial charge in [0, 0.05) is 18.1 Å². The van der Waals surface area contributed by atoms with Crippen LogP contribution in [0.25, 0.3) is 0 Å². The standard InChI is InChI=1S/C14H12O2/c1-3-6-13(15)11-8-5-9-12(10-11)14(16)7-4-2/h1,5,7-10,13,15H,2,6H2. The Bertz CT molecular complexity index is 474. The first kappa shape index (κ1) is 12.0. The minimum absolute atomic E-state index is 0.190. The van der Waals surface area contributed by atoms with E-state index >= 15 is 0 Å². The van der Waals surface area contributed by atoms with Crippen LogP contribution in [0.4, 0.5) is 0 Å². The van der Waals surface area contributed by atoms with Crippen molar-refractivity contribution in [2.45, 2.75) is 12.5 Å². The van der Waals surface area contributed by atoms with Gasteiger partial charge in [0.05, 0.1) is 6.10 Å². The van der Waals surface area contributed by atoms with Gasteiger partial charge in [-0.05, 0) is 11.6 Å². The van der Waals surface area contributed by atoms with Crippen molar-refractivity contribution in [2.24, 2.45) is 0 Å². The van der Waals surface area contributed by atoms with E-state index in [-0.39, 0.29) is 12.2 Å². The van der Waals surface area contributed by atoms with Crippen molar-refractivity contribution >= 4 is 5.78 Å². The molecule has 0 spiro atoms. The first-order valence-electron chi connectivity index (χ1n) is 4.80. The lowest BCUT2D eigenvalue weighted by Crippen LogP contribution is -2.00. The second-order valence-corrected chi connectivity index (χ2v) is 3.26. The van der Waals surface area contributed by atoms with E-state index in [0.717, 1.165) is 0 Å². The largest absolute Gasteiger partial charge is 0.387 e. The molecule has 0 heterocycles. The van der Waals surface area contributed by atoms with Crippen LogP contribution >= 0.6 is 0 Å². The van der Waals surface area contributed by atoms with E-state index in [1.807, 2.05) is 0 Å². The SMILES string of the molecule is C#CCC(O)c1cccc(C(=O)C=C=C)c1. The van der Waals surface area contributed by atoms with Crippen LogP contribution in [0.3, 0.4) is 0 Å². The minimum Gasteiger partial charge on any atom is -0.387 e. The molecule has 0 aliphatic heterocycles. The van der Waals surface area contributed by atoms with Gasteiger partial charge in [-0.2, -0.15) is 0 Å². The predicted molar refractivity (Wildman–Crippen MR) is 62.9 cm³/mol. The fraction of sp³-hybridized carbons (Fsp3) is 0.143. The van der Waals surface area contributed by atoms with Crippen LogP contribution in [0, 0.1) is 12.3 Å². The zero-order valence-corrected chi connectivity index (χ0v) is 8.81. The highest BCUT2D eigenvalue weighted by atomic mass is 16.3. The lowest BCUT2D eigenvalue weighted by Gasteiger charge is -2.08. The molecule has 1 atom stereocenters. The number of rotatable bonds is 4. The maximum atomic E-state index is 11.5. The van der Waals surface area contributed by atoms with Crippen LogP contribution in [0.5, 0.6) is 0 Å². The van der Waals surface area contributed by atoms with E-state index in [0.29, 0.717) is 11.1 Å². The number of carbonyl (C=O) groups excluding carboxylic acids is 1. The number of ketones is 1. The third-order valence-corrected chi connectivity index (χ3v) is 2.10. The highest BCUT2D eigenvalue weighted by Crippen LogP contribution is 2.17. The average molecular weight is 212 g/mol. The van der Waals surface area contributed by atoms with Gasteiger partial charge in [0.25, 0.3) is 0 Å². The Balaban J connectivity index is 3.00. The number of carbonyl (C=O) groups is 1. The van der Waals surface area contributed by atoms with Gasteiger partial charge in [-0.3, -0.25) is 4.79 Å². The molecule has 0 aliphatic carbocycles. The molecule has 1 unspecified atom stereocenters. The zero-order chi connectivity index (χ0) is 12.0. The van der Waals surface area contributed by atoms with Gasteiger partial charge in [-0.1, -0.05) is 24.8 Å². The molecule has 1 aromatic rings. The number of aliphatic hydroxyl groups is 1. The third kappa shape index (κ3) is 2.96. The molecule has 0 saturated heterocycles. The van der Waals surface area contributed by atoms with E-state index in [4.69, 9.17) is 6.42 Å². The summed E-state index contributed by atoms with van der Waals surface area (Å²) in [6.07, 6.45) is 5.87. The quantitative estimate of drug-likeness (QED) is 0.360. The van der Waals surface area contributed by atoms with E-state index in [1.54, 1.807) is 24.3 Å². The summed E-state index contributed by atoms with van der Waals surface area (Å²) in [7, 11) is 0. The Kier molecular flexibility index (Phi) is 4.29. The molecular formula is C14H12O2. The van der Waals surface area contributed by atoms with Gasteiger partial charge in [0.1, 0.15) is 0 Å². The van der Waals surface area contributed by atoms with Crippen LogP contribution in [0.15, 0.2) is 42.7 Å². The molecule has 1 rings (SSSR count). The van der Waals surface area contributed by atoms with E-state index in [9.17, 15) is 9.90 Å². The molecule has 80 valence electrons. The van der Waals surface area contributed by atoms with E-state index in [1.165, 1.54) is 6.08 Å². The molecule has 0 fully saturated rings. The van der Waals surface area contributed by atoms with Crippen LogP contribution in [0.2, 0.25) is 0 Å². The second kappa shape index (κ2) is 5.72.